The fraction of sp³-hybridized carbons (Fsp3) is 0.167. The molecule has 94 valence electrons. The molecule has 0 radical (unpaired) electrons. The van der Waals surface area contributed by atoms with Crippen LogP contribution in [0, 0.1) is 5.82 Å². The van der Waals surface area contributed by atoms with Crippen LogP contribution in [0.3, 0.4) is 0 Å². The molecule has 0 aliphatic carbocycles. The number of ether oxygens (including phenoxy) is 1. The number of nitrogens with zero attached hydrogens (tertiary/aromatic N) is 1. The van der Waals surface area contributed by atoms with E-state index in [0.29, 0.717) is 16.8 Å². The second-order valence-corrected chi connectivity index (χ2v) is 3.66. The minimum absolute atomic E-state index is 0.150. The first kappa shape index (κ1) is 12.3. The molecule has 0 aliphatic rings. The number of nitrogens with one attached hydrogen (secondary N) is 1. The number of nitrogens with two attached hydrogens (primary N) is 1. The lowest BCUT2D eigenvalue weighted by Gasteiger charge is -2.07. The average molecular weight is 249 g/mol. The van der Waals surface area contributed by atoms with Gasteiger partial charge in [0.15, 0.2) is 11.6 Å². The monoisotopic (exact) mass is 249 g/mol. The maximum atomic E-state index is 13.6. The maximum absolute atomic E-state index is 13.6. The zero-order valence-electron chi connectivity index (χ0n) is 9.74. The van der Waals surface area contributed by atoms with E-state index < -0.39 is 5.82 Å². The van der Waals surface area contributed by atoms with E-state index in [-0.39, 0.29) is 17.9 Å². The predicted molar refractivity (Wildman–Crippen MR) is 64.7 cm³/mol. The van der Waals surface area contributed by atoms with E-state index >= 15 is 0 Å². The Morgan fingerprint density at radius 2 is 2.22 bits per heavy atom. The van der Waals surface area contributed by atoms with Gasteiger partial charge in [-0.2, -0.15) is 5.10 Å². The highest BCUT2D eigenvalue weighted by Crippen LogP contribution is 2.25. The lowest BCUT2D eigenvalue weighted by Crippen LogP contribution is -2.12. The van der Waals surface area contributed by atoms with E-state index in [9.17, 15) is 9.18 Å². The maximum Gasteiger partial charge on any atom is 0.264 e. The molecule has 1 aromatic carbocycles. The van der Waals surface area contributed by atoms with Gasteiger partial charge in [0.2, 0.25) is 0 Å². The minimum atomic E-state index is -0.494. The highest BCUT2D eigenvalue weighted by Gasteiger charge is 2.10. The first-order valence-corrected chi connectivity index (χ1v) is 5.28. The van der Waals surface area contributed by atoms with Gasteiger partial charge in [0.1, 0.15) is 0 Å². The van der Waals surface area contributed by atoms with Gasteiger partial charge in [-0.3, -0.25) is 4.79 Å². The van der Waals surface area contributed by atoms with E-state index in [4.69, 9.17) is 10.5 Å². The van der Waals surface area contributed by atoms with Crippen molar-refractivity contribution in [2.45, 2.75) is 6.54 Å². The van der Waals surface area contributed by atoms with Crippen LogP contribution in [0.5, 0.6) is 5.75 Å². The van der Waals surface area contributed by atoms with Crippen molar-refractivity contribution in [2.75, 3.05) is 7.11 Å². The van der Waals surface area contributed by atoms with Crippen molar-refractivity contribution in [3.05, 3.63) is 46.0 Å². The lowest BCUT2D eigenvalue weighted by atomic mass is 10.1. The van der Waals surface area contributed by atoms with E-state index in [1.54, 1.807) is 6.07 Å². The van der Waals surface area contributed by atoms with Crippen molar-refractivity contribution in [2.24, 2.45) is 5.73 Å². The Bertz CT molecular complexity index is 625. The topological polar surface area (TPSA) is 81.0 Å². The largest absolute Gasteiger partial charge is 0.494 e. The molecule has 2 aromatic rings. The molecule has 1 heterocycles. The molecular weight excluding hydrogens is 237 g/mol. The molecule has 0 atom stereocenters. The molecule has 3 N–H and O–H groups in total. The van der Waals surface area contributed by atoms with E-state index in [0.717, 1.165) is 0 Å². The van der Waals surface area contributed by atoms with E-state index in [1.807, 2.05) is 0 Å². The average Bonchev–Trinajstić information content (AvgIpc) is 2.38. The third kappa shape index (κ3) is 2.23. The summed E-state index contributed by atoms with van der Waals surface area (Å²) >= 11 is 0. The first-order valence-electron chi connectivity index (χ1n) is 5.28. The van der Waals surface area contributed by atoms with Crippen LogP contribution < -0.4 is 16.0 Å². The summed E-state index contributed by atoms with van der Waals surface area (Å²) in [4.78, 5) is 11.1. The number of halogens is 1. The zero-order valence-corrected chi connectivity index (χ0v) is 9.74. The third-order valence-electron chi connectivity index (χ3n) is 2.53. The van der Waals surface area contributed by atoms with Gasteiger partial charge in [0.25, 0.3) is 5.56 Å². The Kier molecular flexibility index (Phi) is 3.38. The fourth-order valence-electron chi connectivity index (χ4n) is 1.66. The minimum Gasteiger partial charge on any atom is -0.494 e. The summed E-state index contributed by atoms with van der Waals surface area (Å²) in [5.41, 5.74) is 6.75. The highest BCUT2D eigenvalue weighted by molar-refractivity contribution is 5.63. The van der Waals surface area contributed by atoms with Gasteiger partial charge in [0, 0.05) is 18.2 Å². The van der Waals surface area contributed by atoms with Gasteiger partial charge in [0.05, 0.1) is 12.8 Å². The summed E-state index contributed by atoms with van der Waals surface area (Å²) in [6, 6.07) is 5.79. The Morgan fingerprint density at radius 3 is 2.83 bits per heavy atom. The van der Waals surface area contributed by atoms with Crippen LogP contribution in [0.4, 0.5) is 4.39 Å². The molecule has 1 aromatic heterocycles. The molecule has 0 aliphatic heterocycles. The number of H-pyrrole nitrogens is 1. The standard InChI is InChI=1S/C12H12FN3O2/c1-18-10-3-2-7(4-9(10)13)12-8(6-14)5-11(17)15-16-12/h2-5H,6,14H2,1H3,(H,15,17). The normalized spacial score (nSPS) is 10.4. The molecule has 18 heavy (non-hydrogen) atoms. The molecule has 0 fully saturated rings. The molecule has 0 amide bonds. The number of aromatic nitrogens is 2. The molecule has 6 heteroatoms. The van der Waals surface area contributed by atoms with Gasteiger partial charge < -0.3 is 10.5 Å². The Balaban J connectivity index is 2.55. The van der Waals surface area contributed by atoms with Crippen LogP contribution in [-0.4, -0.2) is 17.3 Å². The first-order chi connectivity index (χ1) is 8.65. The summed E-state index contributed by atoms with van der Waals surface area (Å²) < 4.78 is 18.4. The van der Waals surface area contributed by atoms with Crippen LogP contribution in [0.15, 0.2) is 29.1 Å². The SMILES string of the molecule is COc1ccc(-c2n[nH]c(=O)cc2CN)cc1F. The summed E-state index contributed by atoms with van der Waals surface area (Å²) in [5, 5.41) is 6.20. The Morgan fingerprint density at radius 1 is 1.44 bits per heavy atom. The number of aromatic amines is 1. The van der Waals surface area contributed by atoms with Gasteiger partial charge in [-0.05, 0) is 23.8 Å². The molecule has 0 spiro atoms. The van der Waals surface area contributed by atoms with E-state index in [2.05, 4.69) is 10.2 Å². The van der Waals surface area contributed by atoms with E-state index in [1.165, 1.54) is 25.3 Å². The predicted octanol–water partition coefficient (Wildman–Crippen LogP) is 1.04. The van der Waals surface area contributed by atoms with Crippen molar-refractivity contribution >= 4 is 0 Å². The molecular formula is C12H12FN3O2. The number of rotatable bonds is 3. The van der Waals surface area contributed by atoms with Crippen LogP contribution in [0.1, 0.15) is 5.56 Å². The molecule has 0 saturated carbocycles. The lowest BCUT2D eigenvalue weighted by molar-refractivity contribution is 0.386. The highest BCUT2D eigenvalue weighted by atomic mass is 19.1. The summed E-state index contributed by atoms with van der Waals surface area (Å²) in [5.74, 6) is -0.344. The van der Waals surface area contributed by atoms with Gasteiger partial charge in [-0.25, -0.2) is 9.49 Å². The summed E-state index contributed by atoms with van der Waals surface area (Å²) in [7, 11) is 1.39. The molecule has 0 unspecified atom stereocenters. The van der Waals surface area contributed by atoms with Crippen LogP contribution in [-0.2, 0) is 6.54 Å². The van der Waals surface area contributed by atoms with Gasteiger partial charge >= 0.3 is 0 Å². The van der Waals surface area contributed by atoms with Gasteiger partial charge in [-0.1, -0.05) is 0 Å². The number of hydrogen-bond acceptors (Lipinski definition) is 4. The van der Waals surface area contributed by atoms with Crippen molar-refractivity contribution in [3.63, 3.8) is 0 Å². The fourth-order valence-corrected chi connectivity index (χ4v) is 1.66. The second-order valence-electron chi connectivity index (χ2n) is 3.66. The van der Waals surface area contributed by atoms with Crippen LogP contribution >= 0.6 is 0 Å². The van der Waals surface area contributed by atoms with Crippen molar-refractivity contribution in [1.29, 1.82) is 0 Å². The summed E-state index contributed by atoms with van der Waals surface area (Å²) in [6.07, 6.45) is 0. The quantitative estimate of drug-likeness (QED) is 0.851. The number of benzene rings is 1. The zero-order chi connectivity index (χ0) is 13.1. The summed E-state index contributed by atoms with van der Waals surface area (Å²) in [6.45, 7) is 0.153. The Hall–Kier alpha value is -2.21. The second kappa shape index (κ2) is 4.97. The third-order valence-corrected chi connectivity index (χ3v) is 2.53. The van der Waals surface area contributed by atoms with Crippen LogP contribution in [0.25, 0.3) is 11.3 Å². The number of methoxy groups -OCH3 is 1. The molecule has 5 nitrogen and oxygen atoms in total. The molecule has 2 rings (SSSR count). The molecule has 0 saturated heterocycles. The number of hydrogen-bond donors (Lipinski definition) is 2. The smallest absolute Gasteiger partial charge is 0.264 e. The Labute approximate surface area is 102 Å². The van der Waals surface area contributed by atoms with Gasteiger partial charge in [-0.15, -0.1) is 0 Å². The van der Waals surface area contributed by atoms with Crippen molar-refractivity contribution in [1.82, 2.24) is 10.2 Å². The van der Waals surface area contributed by atoms with Crippen molar-refractivity contribution in [3.8, 4) is 17.0 Å². The molecule has 0 bridgehead atoms. The van der Waals surface area contributed by atoms with Crippen molar-refractivity contribution < 1.29 is 9.13 Å². The van der Waals surface area contributed by atoms with Crippen LogP contribution in [0.2, 0.25) is 0 Å².